The molecule has 3 aromatic carbocycles. The van der Waals surface area contributed by atoms with Crippen LogP contribution in [0, 0.1) is 10.1 Å². The fourth-order valence-electron chi connectivity index (χ4n) is 3.86. The fraction of sp³-hybridized carbons (Fsp3) is 0.222. The molecular weight excluding hydrogens is 472 g/mol. The second kappa shape index (κ2) is 14.0. The first-order valence-corrected chi connectivity index (χ1v) is 11.9. The van der Waals surface area contributed by atoms with Crippen molar-refractivity contribution in [3.05, 3.63) is 118 Å². The summed E-state index contributed by atoms with van der Waals surface area (Å²) < 4.78 is 0. The molecular formula is C27H30N6O4. The van der Waals surface area contributed by atoms with Crippen molar-refractivity contribution in [1.29, 1.82) is 0 Å². The van der Waals surface area contributed by atoms with Crippen molar-refractivity contribution in [3.63, 3.8) is 0 Å². The summed E-state index contributed by atoms with van der Waals surface area (Å²) in [5.41, 5.74) is 8.00. The van der Waals surface area contributed by atoms with Crippen LogP contribution in [-0.2, 0) is 16.1 Å². The average Bonchev–Trinajstić information content (AvgIpc) is 2.90. The number of hydrogen-bond donors (Lipinski definition) is 4. The van der Waals surface area contributed by atoms with Crippen molar-refractivity contribution in [3.8, 4) is 0 Å². The van der Waals surface area contributed by atoms with Crippen LogP contribution in [0.15, 0.2) is 96.1 Å². The van der Waals surface area contributed by atoms with Crippen LogP contribution in [0.4, 0.5) is 0 Å². The van der Waals surface area contributed by atoms with Crippen molar-refractivity contribution in [2.75, 3.05) is 6.54 Å². The Balaban J connectivity index is 1.74. The predicted molar refractivity (Wildman–Crippen MR) is 141 cm³/mol. The summed E-state index contributed by atoms with van der Waals surface area (Å²) in [7, 11) is 0. The summed E-state index contributed by atoms with van der Waals surface area (Å²) in [5, 5.41) is 21.0. The molecule has 0 radical (unpaired) electrons. The Kier molecular flexibility index (Phi) is 10.2. The van der Waals surface area contributed by atoms with Crippen LogP contribution in [0.25, 0.3) is 0 Å². The molecule has 0 aliphatic carbocycles. The fourth-order valence-corrected chi connectivity index (χ4v) is 3.86. The van der Waals surface area contributed by atoms with Gasteiger partial charge >= 0.3 is 0 Å². The molecule has 0 bridgehead atoms. The largest absolute Gasteiger partial charge is 0.365 e. The number of carbonyl (C=O) groups is 2. The van der Waals surface area contributed by atoms with E-state index in [1.165, 1.54) is 0 Å². The van der Waals surface area contributed by atoms with Gasteiger partial charge in [-0.05, 0) is 29.5 Å². The summed E-state index contributed by atoms with van der Waals surface area (Å²) in [4.78, 5) is 37.2. The minimum absolute atomic E-state index is 0.238. The number of guanidine groups is 1. The third-order valence-electron chi connectivity index (χ3n) is 5.64. The lowest BCUT2D eigenvalue weighted by molar-refractivity contribution is -0.485. The minimum atomic E-state index is -0.893. The van der Waals surface area contributed by atoms with E-state index in [1.54, 1.807) is 0 Å². The summed E-state index contributed by atoms with van der Waals surface area (Å²) in [6, 6.07) is 27.4. The van der Waals surface area contributed by atoms with E-state index in [-0.39, 0.29) is 30.7 Å². The molecule has 192 valence electrons. The zero-order valence-electron chi connectivity index (χ0n) is 20.2. The molecule has 3 aromatic rings. The number of hydrazone groups is 1. The summed E-state index contributed by atoms with van der Waals surface area (Å²) in [5.74, 6) is -1.57. The normalized spacial score (nSPS) is 12.0. The Bertz CT molecular complexity index is 1150. The number of amides is 2. The highest BCUT2D eigenvalue weighted by atomic mass is 16.7. The molecule has 2 amide bonds. The van der Waals surface area contributed by atoms with Gasteiger partial charge < -0.3 is 21.7 Å². The molecule has 37 heavy (non-hydrogen) atoms. The van der Waals surface area contributed by atoms with Gasteiger partial charge in [-0.2, -0.15) is 0 Å². The minimum Gasteiger partial charge on any atom is -0.365 e. The van der Waals surface area contributed by atoms with Crippen LogP contribution >= 0.6 is 0 Å². The Morgan fingerprint density at radius 3 is 1.92 bits per heavy atom. The van der Waals surface area contributed by atoms with E-state index in [2.05, 4.69) is 21.1 Å². The number of benzene rings is 3. The van der Waals surface area contributed by atoms with E-state index < -0.39 is 17.0 Å². The van der Waals surface area contributed by atoms with Gasteiger partial charge in [0.2, 0.25) is 11.8 Å². The summed E-state index contributed by atoms with van der Waals surface area (Å²) in [6.45, 7) is 0.551. The zero-order valence-corrected chi connectivity index (χ0v) is 20.2. The van der Waals surface area contributed by atoms with Crippen LogP contribution in [0.1, 0.15) is 35.4 Å². The van der Waals surface area contributed by atoms with Crippen molar-refractivity contribution >= 4 is 17.8 Å². The quantitative estimate of drug-likeness (QED) is 0.0982. The lowest BCUT2D eigenvalue weighted by Gasteiger charge is -2.23. The SMILES string of the molecule is NC(=N[N+](=O)[O-])NCCC[C@@H](NC(=O)C(c1ccccc1)c1ccccc1)C(=O)NCc1ccccc1. The van der Waals surface area contributed by atoms with E-state index in [4.69, 9.17) is 5.73 Å². The second-order valence-electron chi connectivity index (χ2n) is 8.31. The van der Waals surface area contributed by atoms with Crippen molar-refractivity contribution < 1.29 is 14.6 Å². The van der Waals surface area contributed by atoms with Gasteiger partial charge in [-0.15, -0.1) is 0 Å². The maximum atomic E-state index is 13.6. The van der Waals surface area contributed by atoms with Crippen LogP contribution in [-0.4, -0.2) is 35.4 Å². The molecule has 0 unspecified atom stereocenters. The average molecular weight is 503 g/mol. The van der Waals surface area contributed by atoms with Gasteiger partial charge in [0.25, 0.3) is 5.96 Å². The van der Waals surface area contributed by atoms with E-state index in [9.17, 15) is 19.7 Å². The Morgan fingerprint density at radius 1 is 0.838 bits per heavy atom. The first-order chi connectivity index (χ1) is 17.9. The van der Waals surface area contributed by atoms with Crippen LogP contribution in [0.3, 0.4) is 0 Å². The maximum Gasteiger partial charge on any atom is 0.266 e. The molecule has 0 heterocycles. The molecule has 0 spiro atoms. The van der Waals surface area contributed by atoms with Gasteiger partial charge in [-0.3, -0.25) is 9.59 Å². The first-order valence-electron chi connectivity index (χ1n) is 11.9. The van der Waals surface area contributed by atoms with Crippen molar-refractivity contribution in [1.82, 2.24) is 16.0 Å². The van der Waals surface area contributed by atoms with Gasteiger partial charge in [-0.1, -0.05) is 91.0 Å². The van der Waals surface area contributed by atoms with E-state index >= 15 is 0 Å². The molecule has 0 aliphatic heterocycles. The van der Waals surface area contributed by atoms with Crippen LogP contribution < -0.4 is 21.7 Å². The molecule has 0 aromatic heterocycles. The Labute approximate surface area is 215 Å². The third kappa shape index (κ3) is 8.77. The number of nitrogens with two attached hydrogens (primary N) is 1. The monoisotopic (exact) mass is 502 g/mol. The third-order valence-corrected chi connectivity index (χ3v) is 5.64. The molecule has 10 nitrogen and oxygen atoms in total. The lowest BCUT2D eigenvalue weighted by Crippen LogP contribution is -2.48. The highest BCUT2D eigenvalue weighted by Crippen LogP contribution is 2.25. The zero-order chi connectivity index (χ0) is 26.5. The Morgan fingerprint density at radius 2 is 1.38 bits per heavy atom. The van der Waals surface area contributed by atoms with E-state index in [0.29, 0.717) is 13.0 Å². The summed E-state index contributed by atoms with van der Waals surface area (Å²) in [6.07, 6.45) is 0.681. The predicted octanol–water partition coefficient (Wildman–Crippen LogP) is 2.50. The molecule has 0 aliphatic rings. The number of rotatable bonds is 12. The van der Waals surface area contributed by atoms with Crippen LogP contribution in [0.2, 0.25) is 0 Å². The molecule has 1 atom stereocenters. The van der Waals surface area contributed by atoms with Crippen molar-refractivity contribution in [2.45, 2.75) is 31.3 Å². The molecule has 5 N–H and O–H groups in total. The molecule has 0 saturated carbocycles. The molecule has 0 saturated heterocycles. The standard InChI is InChI=1S/C27H30N6O4/c28-27(32-33(36)37)29-18-10-17-23(25(34)30-19-20-11-4-1-5-12-20)31-26(35)24(21-13-6-2-7-14-21)22-15-8-3-9-16-22/h1-9,11-16,23-24H,10,17-19H2,(H,30,34)(H,31,35)(H3,28,29,32)/t23-/m1/s1. The number of hydrogen-bond acceptors (Lipinski definition) is 4. The van der Waals surface area contributed by atoms with Gasteiger partial charge in [0.05, 0.1) is 5.92 Å². The summed E-state index contributed by atoms with van der Waals surface area (Å²) >= 11 is 0. The molecule has 10 heteroatoms. The van der Waals surface area contributed by atoms with Crippen LogP contribution in [0.5, 0.6) is 0 Å². The smallest absolute Gasteiger partial charge is 0.266 e. The molecule has 0 fully saturated rings. The number of nitrogens with one attached hydrogen (secondary N) is 3. The van der Waals surface area contributed by atoms with E-state index in [0.717, 1.165) is 16.7 Å². The lowest BCUT2D eigenvalue weighted by atomic mass is 9.90. The number of nitro groups is 1. The van der Waals surface area contributed by atoms with Gasteiger partial charge in [0, 0.05) is 13.1 Å². The van der Waals surface area contributed by atoms with Crippen molar-refractivity contribution in [2.24, 2.45) is 10.8 Å². The van der Waals surface area contributed by atoms with Gasteiger partial charge in [0.1, 0.15) is 11.1 Å². The highest BCUT2D eigenvalue weighted by molar-refractivity contribution is 5.92. The first kappa shape index (κ1) is 26.9. The maximum absolute atomic E-state index is 13.6. The number of nitrogens with zero attached hydrogens (tertiary/aromatic N) is 2. The van der Waals surface area contributed by atoms with E-state index in [1.807, 2.05) is 91.0 Å². The Hall–Kier alpha value is -4.73. The van der Waals surface area contributed by atoms with Gasteiger partial charge in [0.15, 0.2) is 5.03 Å². The van der Waals surface area contributed by atoms with Gasteiger partial charge in [-0.25, -0.2) is 10.1 Å². The highest BCUT2D eigenvalue weighted by Gasteiger charge is 2.27. The second-order valence-corrected chi connectivity index (χ2v) is 8.31. The molecule has 3 rings (SSSR count). The number of carbonyl (C=O) groups excluding carboxylic acids is 2. The topological polar surface area (TPSA) is 152 Å².